The number of likely N-dealkylation sites (tertiary alicyclic amines) is 1. The minimum atomic E-state index is -0.950. The minimum Gasteiger partial charge on any atom is -0.467 e. The van der Waals surface area contributed by atoms with Crippen molar-refractivity contribution >= 4 is 11.9 Å². The van der Waals surface area contributed by atoms with Crippen molar-refractivity contribution in [3.63, 3.8) is 0 Å². The molecule has 0 saturated carbocycles. The Balaban J connectivity index is 2.86. The average Bonchev–Trinajstić information content (AvgIpc) is 2.50. The lowest BCUT2D eigenvalue weighted by molar-refractivity contribution is -0.161. The standard InChI is InChI=1S/C20H38N2O3/c1-8-9-10-11-12-13-16(23)21-20(17(24)25-7)14-18(2,3)22(6)19(4,5)15-20/h8-15H2,1-7H3,(H,21,23). The van der Waals surface area contributed by atoms with Crippen molar-refractivity contribution < 1.29 is 14.3 Å². The Bertz CT molecular complexity index is 454. The predicted octanol–water partition coefficient (Wildman–Crippen LogP) is 3.66. The number of hydrogen-bond acceptors (Lipinski definition) is 4. The molecular formula is C20H38N2O3. The molecule has 0 unspecified atom stereocenters. The molecule has 146 valence electrons. The predicted molar refractivity (Wildman–Crippen MR) is 101 cm³/mol. The van der Waals surface area contributed by atoms with Gasteiger partial charge in [0.1, 0.15) is 5.54 Å². The molecule has 1 fully saturated rings. The van der Waals surface area contributed by atoms with Gasteiger partial charge in [-0.1, -0.05) is 32.6 Å². The van der Waals surface area contributed by atoms with Gasteiger partial charge in [-0.05, 0) is 54.0 Å². The Kier molecular flexibility index (Phi) is 7.48. The second kappa shape index (κ2) is 8.52. The third kappa shape index (κ3) is 5.44. The number of piperidine rings is 1. The summed E-state index contributed by atoms with van der Waals surface area (Å²) in [5.41, 5.74) is -1.39. The van der Waals surface area contributed by atoms with Crippen LogP contribution in [0.2, 0.25) is 0 Å². The fourth-order valence-corrected chi connectivity index (χ4v) is 4.29. The van der Waals surface area contributed by atoms with E-state index in [1.165, 1.54) is 20.0 Å². The first-order valence-electron chi connectivity index (χ1n) is 9.64. The van der Waals surface area contributed by atoms with E-state index >= 15 is 0 Å². The molecule has 25 heavy (non-hydrogen) atoms. The summed E-state index contributed by atoms with van der Waals surface area (Å²) in [6, 6.07) is 0. The molecule has 1 rings (SSSR count). The lowest BCUT2D eigenvalue weighted by Gasteiger charge is -2.57. The normalized spacial score (nSPS) is 21.6. The number of ether oxygens (including phenoxy) is 1. The first kappa shape index (κ1) is 21.9. The molecule has 0 aliphatic carbocycles. The molecular weight excluding hydrogens is 316 g/mol. The van der Waals surface area contributed by atoms with Crippen molar-refractivity contribution in [3.8, 4) is 0 Å². The number of methoxy groups -OCH3 is 1. The number of nitrogens with one attached hydrogen (secondary N) is 1. The van der Waals surface area contributed by atoms with Crippen LogP contribution < -0.4 is 5.32 Å². The van der Waals surface area contributed by atoms with E-state index in [9.17, 15) is 9.59 Å². The highest BCUT2D eigenvalue weighted by Crippen LogP contribution is 2.43. The van der Waals surface area contributed by atoms with Crippen molar-refractivity contribution in [3.05, 3.63) is 0 Å². The molecule has 0 aromatic rings. The molecule has 0 bridgehead atoms. The zero-order valence-electron chi connectivity index (χ0n) is 17.3. The van der Waals surface area contributed by atoms with E-state index in [0.29, 0.717) is 19.3 Å². The number of carbonyl (C=O) groups is 2. The number of nitrogens with zero attached hydrogens (tertiary/aromatic N) is 1. The van der Waals surface area contributed by atoms with E-state index in [-0.39, 0.29) is 23.0 Å². The lowest BCUT2D eigenvalue weighted by Crippen LogP contribution is -2.71. The minimum absolute atomic E-state index is 0.0435. The summed E-state index contributed by atoms with van der Waals surface area (Å²) < 4.78 is 5.10. The molecule has 1 N–H and O–H groups in total. The van der Waals surface area contributed by atoms with Crippen LogP contribution in [0.4, 0.5) is 0 Å². The molecule has 1 amide bonds. The monoisotopic (exact) mass is 354 g/mol. The van der Waals surface area contributed by atoms with Gasteiger partial charge >= 0.3 is 5.97 Å². The highest BCUT2D eigenvalue weighted by atomic mass is 16.5. The molecule has 1 aliphatic rings. The fraction of sp³-hybridized carbons (Fsp3) is 0.900. The third-order valence-electron chi connectivity index (χ3n) is 5.75. The number of carbonyl (C=O) groups excluding carboxylic acids is 2. The Morgan fingerprint density at radius 3 is 2.00 bits per heavy atom. The lowest BCUT2D eigenvalue weighted by atomic mass is 9.69. The van der Waals surface area contributed by atoms with Crippen LogP contribution in [-0.4, -0.2) is 47.6 Å². The number of esters is 1. The smallest absolute Gasteiger partial charge is 0.331 e. The van der Waals surface area contributed by atoms with Crippen LogP contribution in [0, 0.1) is 0 Å². The van der Waals surface area contributed by atoms with Crippen LogP contribution in [0.5, 0.6) is 0 Å². The van der Waals surface area contributed by atoms with Gasteiger partial charge in [0.05, 0.1) is 7.11 Å². The molecule has 1 aliphatic heterocycles. The fourth-order valence-electron chi connectivity index (χ4n) is 4.29. The molecule has 5 nitrogen and oxygen atoms in total. The van der Waals surface area contributed by atoms with Crippen LogP contribution in [0.1, 0.15) is 86.0 Å². The zero-order chi connectivity index (χ0) is 19.3. The topological polar surface area (TPSA) is 58.6 Å². The van der Waals surface area contributed by atoms with E-state index in [1.54, 1.807) is 0 Å². The first-order valence-corrected chi connectivity index (χ1v) is 9.64. The van der Waals surface area contributed by atoms with E-state index in [1.807, 2.05) is 0 Å². The second-order valence-electron chi connectivity index (χ2n) is 8.82. The molecule has 0 atom stereocenters. The zero-order valence-corrected chi connectivity index (χ0v) is 17.3. The van der Waals surface area contributed by atoms with Crippen LogP contribution in [-0.2, 0) is 14.3 Å². The highest BCUT2D eigenvalue weighted by Gasteiger charge is 2.55. The Labute approximate surface area is 153 Å². The van der Waals surface area contributed by atoms with Crippen LogP contribution in [0.3, 0.4) is 0 Å². The van der Waals surface area contributed by atoms with Crippen molar-refractivity contribution in [1.29, 1.82) is 0 Å². The van der Waals surface area contributed by atoms with Gasteiger partial charge in [-0.25, -0.2) is 4.79 Å². The summed E-state index contributed by atoms with van der Waals surface area (Å²) in [4.78, 5) is 27.5. The summed E-state index contributed by atoms with van der Waals surface area (Å²) in [5.74, 6) is -0.376. The van der Waals surface area contributed by atoms with E-state index in [0.717, 1.165) is 19.3 Å². The summed E-state index contributed by atoms with van der Waals surface area (Å²) in [6.07, 6.45) is 7.07. The van der Waals surface area contributed by atoms with Crippen molar-refractivity contribution in [1.82, 2.24) is 10.2 Å². The van der Waals surface area contributed by atoms with Crippen molar-refractivity contribution in [2.24, 2.45) is 0 Å². The van der Waals surface area contributed by atoms with Gasteiger partial charge in [0.25, 0.3) is 0 Å². The van der Waals surface area contributed by atoms with Gasteiger partial charge in [0, 0.05) is 17.5 Å². The highest BCUT2D eigenvalue weighted by molar-refractivity contribution is 5.88. The summed E-state index contributed by atoms with van der Waals surface area (Å²) in [5, 5.41) is 3.07. The number of amides is 1. The van der Waals surface area contributed by atoms with E-state index in [2.05, 4.69) is 51.9 Å². The molecule has 1 saturated heterocycles. The van der Waals surface area contributed by atoms with Gasteiger partial charge in [-0.2, -0.15) is 0 Å². The Morgan fingerprint density at radius 1 is 1.00 bits per heavy atom. The summed E-state index contributed by atoms with van der Waals surface area (Å²) in [6.45, 7) is 10.6. The van der Waals surface area contributed by atoms with Gasteiger partial charge in [0.15, 0.2) is 0 Å². The average molecular weight is 355 g/mol. The molecule has 0 aromatic carbocycles. The molecule has 0 spiro atoms. The van der Waals surface area contributed by atoms with Crippen molar-refractivity contribution in [2.45, 2.75) is 103 Å². The maximum atomic E-state index is 12.7. The molecule has 0 radical (unpaired) electrons. The number of unbranched alkanes of at least 4 members (excludes halogenated alkanes) is 4. The SMILES string of the molecule is CCCCCCCC(=O)NC1(C(=O)OC)CC(C)(C)N(C)C(C)(C)C1. The van der Waals surface area contributed by atoms with Gasteiger partial charge in [-0.3, -0.25) is 9.69 Å². The van der Waals surface area contributed by atoms with Crippen molar-refractivity contribution in [2.75, 3.05) is 14.2 Å². The maximum absolute atomic E-state index is 12.7. The third-order valence-corrected chi connectivity index (χ3v) is 5.75. The largest absolute Gasteiger partial charge is 0.467 e. The van der Waals surface area contributed by atoms with Crippen LogP contribution in [0.25, 0.3) is 0 Å². The molecule has 0 aromatic heterocycles. The molecule has 1 heterocycles. The van der Waals surface area contributed by atoms with Gasteiger partial charge < -0.3 is 10.1 Å². The quantitative estimate of drug-likeness (QED) is 0.534. The van der Waals surface area contributed by atoms with Crippen LogP contribution >= 0.6 is 0 Å². The summed E-state index contributed by atoms with van der Waals surface area (Å²) >= 11 is 0. The Morgan fingerprint density at radius 2 is 1.52 bits per heavy atom. The summed E-state index contributed by atoms with van der Waals surface area (Å²) in [7, 11) is 3.48. The number of rotatable bonds is 8. The van der Waals surface area contributed by atoms with E-state index in [4.69, 9.17) is 4.74 Å². The maximum Gasteiger partial charge on any atom is 0.331 e. The van der Waals surface area contributed by atoms with E-state index < -0.39 is 5.54 Å². The molecule has 5 heteroatoms. The number of hydrogen-bond donors (Lipinski definition) is 1. The van der Waals surface area contributed by atoms with Gasteiger partial charge in [-0.15, -0.1) is 0 Å². The first-order chi connectivity index (χ1) is 11.5. The van der Waals surface area contributed by atoms with Gasteiger partial charge in [0.2, 0.25) is 5.91 Å². The Hall–Kier alpha value is -1.10. The second-order valence-corrected chi connectivity index (χ2v) is 8.82. The van der Waals surface area contributed by atoms with Crippen LogP contribution in [0.15, 0.2) is 0 Å².